The summed E-state index contributed by atoms with van der Waals surface area (Å²) in [4.78, 5) is 0. The van der Waals surface area contributed by atoms with Gasteiger partial charge in [-0.2, -0.15) is 0 Å². The van der Waals surface area contributed by atoms with Gasteiger partial charge in [0.25, 0.3) is 0 Å². The van der Waals surface area contributed by atoms with Gasteiger partial charge in [-0.05, 0) is 48.8 Å². The Labute approximate surface area is 131 Å². The molecule has 4 nitrogen and oxygen atoms in total. The van der Waals surface area contributed by atoms with Gasteiger partial charge in [0.1, 0.15) is 0 Å². The SMILES string of the molecule is O=S(=O)(CCCC1CNNC1)C1CCc2c(Cl)cccc21. The molecule has 1 heterocycles. The highest BCUT2D eigenvalue weighted by molar-refractivity contribution is 7.91. The fraction of sp³-hybridized carbons (Fsp3) is 0.600. The van der Waals surface area contributed by atoms with Crippen LogP contribution in [-0.2, 0) is 16.3 Å². The Kier molecular flexibility index (Phi) is 4.54. The Hall–Kier alpha value is -0.620. The summed E-state index contributed by atoms with van der Waals surface area (Å²) in [6.45, 7) is 1.86. The van der Waals surface area contributed by atoms with Gasteiger partial charge in [-0.3, -0.25) is 10.9 Å². The Balaban J connectivity index is 1.65. The summed E-state index contributed by atoms with van der Waals surface area (Å²) in [7, 11) is -3.08. The van der Waals surface area contributed by atoms with Crippen LogP contribution in [0.25, 0.3) is 0 Å². The van der Waals surface area contributed by atoms with E-state index < -0.39 is 9.84 Å². The van der Waals surface area contributed by atoms with E-state index in [9.17, 15) is 8.42 Å². The van der Waals surface area contributed by atoms with E-state index in [0.717, 1.165) is 43.5 Å². The van der Waals surface area contributed by atoms with Gasteiger partial charge < -0.3 is 0 Å². The molecule has 1 atom stereocenters. The third kappa shape index (κ3) is 3.26. The maximum atomic E-state index is 12.6. The van der Waals surface area contributed by atoms with Crippen molar-refractivity contribution < 1.29 is 8.42 Å². The van der Waals surface area contributed by atoms with Crippen LogP contribution in [0, 0.1) is 5.92 Å². The summed E-state index contributed by atoms with van der Waals surface area (Å²) >= 11 is 6.17. The molecule has 1 fully saturated rings. The van der Waals surface area contributed by atoms with Crippen LogP contribution in [0.5, 0.6) is 0 Å². The summed E-state index contributed by atoms with van der Waals surface area (Å²) in [5, 5.41) is 0.347. The van der Waals surface area contributed by atoms with Gasteiger partial charge >= 0.3 is 0 Å². The molecule has 0 bridgehead atoms. The van der Waals surface area contributed by atoms with Crippen LogP contribution < -0.4 is 10.9 Å². The predicted molar refractivity (Wildman–Crippen MR) is 85.0 cm³/mol. The highest BCUT2D eigenvalue weighted by Crippen LogP contribution is 2.40. The molecule has 116 valence electrons. The minimum atomic E-state index is -3.08. The van der Waals surface area contributed by atoms with Crippen molar-refractivity contribution in [2.24, 2.45) is 5.92 Å². The summed E-state index contributed by atoms with van der Waals surface area (Å²) < 4.78 is 25.2. The fourth-order valence-electron chi connectivity index (χ4n) is 3.37. The van der Waals surface area contributed by atoms with Crippen molar-refractivity contribution in [1.29, 1.82) is 0 Å². The minimum absolute atomic E-state index is 0.278. The highest BCUT2D eigenvalue weighted by atomic mass is 35.5. The lowest BCUT2D eigenvalue weighted by Crippen LogP contribution is -2.21. The zero-order chi connectivity index (χ0) is 14.9. The summed E-state index contributed by atoms with van der Waals surface area (Å²) in [5.74, 6) is 0.825. The Bertz CT molecular complexity index is 612. The predicted octanol–water partition coefficient (Wildman–Crippen LogP) is 2.25. The topological polar surface area (TPSA) is 58.2 Å². The molecule has 2 aliphatic rings. The van der Waals surface area contributed by atoms with Gasteiger partial charge in [0, 0.05) is 18.1 Å². The number of sulfone groups is 1. The highest BCUT2D eigenvalue weighted by Gasteiger charge is 2.34. The first kappa shape index (κ1) is 15.3. The van der Waals surface area contributed by atoms with Gasteiger partial charge in [0.15, 0.2) is 9.84 Å². The Morgan fingerprint density at radius 3 is 2.76 bits per heavy atom. The number of hydrazine groups is 1. The van der Waals surface area contributed by atoms with E-state index in [1.165, 1.54) is 0 Å². The molecule has 6 heteroatoms. The van der Waals surface area contributed by atoms with Crippen LogP contribution in [0.15, 0.2) is 18.2 Å². The number of halogens is 1. The molecular weight excluding hydrogens is 308 g/mol. The fourth-order valence-corrected chi connectivity index (χ4v) is 5.58. The largest absolute Gasteiger partial charge is 0.258 e. The number of rotatable bonds is 5. The number of benzene rings is 1. The van der Waals surface area contributed by atoms with Crippen molar-refractivity contribution in [1.82, 2.24) is 10.9 Å². The lowest BCUT2D eigenvalue weighted by atomic mass is 10.1. The number of hydrogen-bond donors (Lipinski definition) is 2. The molecule has 1 aromatic carbocycles. The molecule has 1 aliphatic heterocycles. The van der Waals surface area contributed by atoms with Gasteiger partial charge in [-0.15, -0.1) is 0 Å². The van der Waals surface area contributed by atoms with E-state index in [2.05, 4.69) is 10.9 Å². The molecule has 2 N–H and O–H groups in total. The van der Waals surface area contributed by atoms with Gasteiger partial charge in [0.2, 0.25) is 0 Å². The zero-order valence-corrected chi connectivity index (χ0v) is 13.5. The third-order valence-electron chi connectivity index (χ3n) is 4.54. The van der Waals surface area contributed by atoms with Crippen LogP contribution in [0.1, 0.15) is 35.6 Å². The molecule has 21 heavy (non-hydrogen) atoms. The second-order valence-electron chi connectivity index (χ2n) is 5.97. The summed E-state index contributed by atoms with van der Waals surface area (Å²) in [5.41, 5.74) is 8.11. The van der Waals surface area contributed by atoms with Crippen molar-refractivity contribution in [2.45, 2.75) is 30.9 Å². The average Bonchev–Trinajstić information content (AvgIpc) is 3.07. The quantitative estimate of drug-likeness (QED) is 0.870. The Morgan fingerprint density at radius 2 is 2.00 bits per heavy atom. The smallest absolute Gasteiger partial charge is 0.157 e. The molecular formula is C15H21ClN2O2S. The van der Waals surface area contributed by atoms with Crippen molar-refractivity contribution in [3.63, 3.8) is 0 Å². The molecule has 0 radical (unpaired) electrons. The lowest BCUT2D eigenvalue weighted by Gasteiger charge is -2.14. The monoisotopic (exact) mass is 328 g/mol. The molecule has 0 amide bonds. The second kappa shape index (κ2) is 6.24. The molecule has 1 aliphatic carbocycles. The summed E-state index contributed by atoms with van der Waals surface area (Å²) in [6.07, 6.45) is 3.14. The minimum Gasteiger partial charge on any atom is -0.258 e. The number of hydrogen-bond acceptors (Lipinski definition) is 4. The van der Waals surface area contributed by atoms with Crippen molar-refractivity contribution in [3.05, 3.63) is 34.3 Å². The van der Waals surface area contributed by atoms with Crippen LogP contribution >= 0.6 is 11.6 Å². The molecule has 0 spiro atoms. The van der Waals surface area contributed by atoms with Crippen LogP contribution in [0.3, 0.4) is 0 Å². The number of fused-ring (bicyclic) bond motifs is 1. The molecule has 0 aromatic heterocycles. The van der Waals surface area contributed by atoms with E-state index in [1.54, 1.807) is 0 Å². The van der Waals surface area contributed by atoms with Crippen LogP contribution in [0.4, 0.5) is 0 Å². The maximum absolute atomic E-state index is 12.6. The second-order valence-corrected chi connectivity index (χ2v) is 8.68. The standard InChI is InChI=1S/C15H21ClN2O2S/c16-14-5-1-4-13-12(14)6-7-15(13)21(19,20)8-2-3-11-9-17-18-10-11/h1,4-5,11,15,17-18H,2-3,6-10H2. The first-order valence-electron chi connectivity index (χ1n) is 7.52. The molecule has 1 unspecified atom stereocenters. The molecule has 1 aromatic rings. The van der Waals surface area contributed by atoms with Crippen molar-refractivity contribution in [2.75, 3.05) is 18.8 Å². The normalized spacial score (nSPS) is 22.6. The maximum Gasteiger partial charge on any atom is 0.157 e. The van der Waals surface area contributed by atoms with E-state index in [0.29, 0.717) is 17.4 Å². The van der Waals surface area contributed by atoms with E-state index in [-0.39, 0.29) is 11.0 Å². The lowest BCUT2D eigenvalue weighted by molar-refractivity contribution is 0.535. The first-order valence-corrected chi connectivity index (χ1v) is 9.62. The van der Waals surface area contributed by atoms with Crippen LogP contribution in [-0.4, -0.2) is 27.3 Å². The summed E-state index contributed by atoms with van der Waals surface area (Å²) in [6, 6.07) is 5.61. The molecule has 0 saturated carbocycles. The zero-order valence-electron chi connectivity index (χ0n) is 11.9. The third-order valence-corrected chi connectivity index (χ3v) is 7.11. The van der Waals surface area contributed by atoms with Crippen molar-refractivity contribution >= 4 is 21.4 Å². The average molecular weight is 329 g/mol. The van der Waals surface area contributed by atoms with Gasteiger partial charge in [0.05, 0.1) is 11.0 Å². The van der Waals surface area contributed by atoms with Gasteiger partial charge in [-0.1, -0.05) is 23.7 Å². The van der Waals surface area contributed by atoms with E-state index in [1.807, 2.05) is 18.2 Å². The van der Waals surface area contributed by atoms with E-state index >= 15 is 0 Å². The Morgan fingerprint density at radius 1 is 1.24 bits per heavy atom. The first-order chi connectivity index (χ1) is 10.1. The molecule has 1 saturated heterocycles. The van der Waals surface area contributed by atoms with Crippen LogP contribution in [0.2, 0.25) is 5.02 Å². The van der Waals surface area contributed by atoms with E-state index in [4.69, 9.17) is 11.6 Å². The van der Waals surface area contributed by atoms with Gasteiger partial charge in [-0.25, -0.2) is 8.42 Å². The van der Waals surface area contributed by atoms with Crippen molar-refractivity contribution in [3.8, 4) is 0 Å². The molecule has 3 rings (SSSR count). The number of nitrogens with one attached hydrogen (secondary N) is 2.